The van der Waals surface area contributed by atoms with Gasteiger partial charge in [-0.15, -0.1) is 11.8 Å². The van der Waals surface area contributed by atoms with Gasteiger partial charge in [-0.3, -0.25) is 4.79 Å². The van der Waals surface area contributed by atoms with Gasteiger partial charge in [0.25, 0.3) is 0 Å². The molecule has 0 bridgehead atoms. The molecule has 0 radical (unpaired) electrons. The molecule has 0 spiro atoms. The minimum absolute atomic E-state index is 0.00576. The van der Waals surface area contributed by atoms with Crippen molar-refractivity contribution in [2.24, 2.45) is 0 Å². The Kier molecular flexibility index (Phi) is 5.61. The summed E-state index contributed by atoms with van der Waals surface area (Å²) in [6.07, 6.45) is 1.29. The minimum atomic E-state index is -0.282. The lowest BCUT2D eigenvalue weighted by atomic mass is 9.89. The molecule has 3 rings (SSSR count). The fraction of sp³-hybridized carbons (Fsp3) is 0.409. The summed E-state index contributed by atoms with van der Waals surface area (Å²) < 4.78 is 6.11. The van der Waals surface area contributed by atoms with E-state index in [4.69, 9.17) is 4.74 Å². The lowest BCUT2D eigenvalue weighted by Crippen LogP contribution is -2.41. The average Bonchev–Trinajstić information content (AvgIpc) is 2.55. The summed E-state index contributed by atoms with van der Waals surface area (Å²) in [7, 11) is 0. The Morgan fingerprint density at radius 3 is 2.58 bits per heavy atom. The molecule has 0 saturated heterocycles. The van der Waals surface area contributed by atoms with Gasteiger partial charge in [-0.1, -0.05) is 29.8 Å². The molecule has 1 heterocycles. The zero-order valence-corrected chi connectivity index (χ0v) is 16.8. The van der Waals surface area contributed by atoms with Crippen LogP contribution in [-0.4, -0.2) is 17.3 Å². The fourth-order valence-corrected chi connectivity index (χ4v) is 4.10. The standard InChI is InChI=1S/C22H27NO2S/c1-15-5-8-17(9-6-15)26-12-11-21(24)23-19-14-22(3,4)25-20-13-16(2)7-10-18(19)20/h5-10,13,19H,11-12,14H2,1-4H3,(H,23,24)/t19-/m1/s1. The van der Waals surface area contributed by atoms with E-state index in [9.17, 15) is 4.79 Å². The Hall–Kier alpha value is -1.94. The first kappa shape index (κ1) is 18.8. The van der Waals surface area contributed by atoms with Gasteiger partial charge in [-0.2, -0.15) is 0 Å². The van der Waals surface area contributed by atoms with Crippen molar-refractivity contribution in [1.29, 1.82) is 0 Å². The van der Waals surface area contributed by atoms with Crippen molar-refractivity contribution in [2.45, 2.75) is 57.1 Å². The first-order valence-electron chi connectivity index (χ1n) is 9.11. The number of aryl methyl sites for hydroxylation is 2. The third kappa shape index (κ3) is 4.82. The van der Waals surface area contributed by atoms with Gasteiger partial charge in [0.15, 0.2) is 0 Å². The molecule has 0 aromatic heterocycles. The van der Waals surface area contributed by atoms with E-state index in [2.05, 4.69) is 75.5 Å². The average molecular weight is 370 g/mol. The number of rotatable bonds is 5. The highest BCUT2D eigenvalue weighted by Crippen LogP contribution is 2.39. The van der Waals surface area contributed by atoms with Gasteiger partial charge in [-0.25, -0.2) is 0 Å². The zero-order valence-electron chi connectivity index (χ0n) is 16.0. The van der Waals surface area contributed by atoms with E-state index in [1.54, 1.807) is 11.8 Å². The van der Waals surface area contributed by atoms with Crippen LogP contribution in [0.1, 0.15) is 49.4 Å². The molecule has 1 atom stereocenters. The summed E-state index contributed by atoms with van der Waals surface area (Å²) in [4.78, 5) is 13.7. The van der Waals surface area contributed by atoms with Crippen LogP contribution < -0.4 is 10.1 Å². The first-order valence-corrected chi connectivity index (χ1v) is 10.1. The molecule has 0 aliphatic carbocycles. The smallest absolute Gasteiger partial charge is 0.221 e. The van der Waals surface area contributed by atoms with E-state index in [0.29, 0.717) is 6.42 Å². The SMILES string of the molecule is Cc1ccc(SCCC(=O)N[C@@H]2CC(C)(C)Oc3cc(C)ccc32)cc1. The molecule has 26 heavy (non-hydrogen) atoms. The summed E-state index contributed by atoms with van der Waals surface area (Å²) in [5.41, 5.74) is 3.22. The normalized spacial score (nSPS) is 17.9. The van der Waals surface area contributed by atoms with Gasteiger partial charge in [-0.05, 0) is 51.5 Å². The highest BCUT2D eigenvalue weighted by Gasteiger charge is 2.34. The lowest BCUT2D eigenvalue weighted by molar-refractivity contribution is -0.121. The van der Waals surface area contributed by atoms with Crippen LogP contribution in [0.3, 0.4) is 0 Å². The molecule has 2 aromatic rings. The van der Waals surface area contributed by atoms with Gasteiger partial charge < -0.3 is 10.1 Å². The molecular formula is C22H27NO2S. The number of hydrogen-bond donors (Lipinski definition) is 1. The van der Waals surface area contributed by atoms with Crippen molar-refractivity contribution in [1.82, 2.24) is 5.32 Å². The molecule has 138 valence electrons. The highest BCUT2D eigenvalue weighted by atomic mass is 32.2. The second-order valence-electron chi connectivity index (χ2n) is 7.64. The molecule has 2 aromatic carbocycles. The Labute approximate surface area is 160 Å². The summed E-state index contributed by atoms with van der Waals surface area (Å²) in [5.74, 6) is 1.77. The maximum atomic E-state index is 12.5. The number of fused-ring (bicyclic) bond motifs is 1. The topological polar surface area (TPSA) is 38.3 Å². The molecule has 1 amide bonds. The first-order chi connectivity index (χ1) is 12.3. The summed E-state index contributed by atoms with van der Waals surface area (Å²) >= 11 is 1.72. The van der Waals surface area contributed by atoms with Crippen LogP contribution >= 0.6 is 11.8 Å². The van der Waals surface area contributed by atoms with Crippen LogP contribution in [0, 0.1) is 13.8 Å². The second kappa shape index (κ2) is 7.75. The van der Waals surface area contributed by atoms with Crippen molar-refractivity contribution in [3.8, 4) is 5.75 Å². The summed E-state index contributed by atoms with van der Waals surface area (Å²) in [6.45, 7) is 8.28. The van der Waals surface area contributed by atoms with E-state index in [1.165, 1.54) is 16.0 Å². The van der Waals surface area contributed by atoms with Crippen LogP contribution in [0.25, 0.3) is 0 Å². The van der Waals surface area contributed by atoms with Crippen molar-refractivity contribution in [3.05, 3.63) is 59.2 Å². The third-order valence-corrected chi connectivity index (χ3v) is 5.59. The molecule has 0 unspecified atom stereocenters. The highest BCUT2D eigenvalue weighted by molar-refractivity contribution is 7.99. The number of amides is 1. The van der Waals surface area contributed by atoms with Crippen molar-refractivity contribution in [2.75, 3.05) is 5.75 Å². The summed E-state index contributed by atoms with van der Waals surface area (Å²) in [6, 6.07) is 14.6. The number of nitrogens with one attached hydrogen (secondary N) is 1. The molecule has 1 aliphatic heterocycles. The van der Waals surface area contributed by atoms with Crippen LogP contribution in [0.2, 0.25) is 0 Å². The van der Waals surface area contributed by atoms with Gasteiger partial charge in [0.2, 0.25) is 5.91 Å². The third-order valence-electron chi connectivity index (χ3n) is 4.58. The number of benzene rings is 2. The maximum absolute atomic E-state index is 12.5. The number of carbonyl (C=O) groups excluding carboxylic acids is 1. The van der Waals surface area contributed by atoms with Gasteiger partial charge >= 0.3 is 0 Å². The Bertz CT molecular complexity index is 783. The van der Waals surface area contributed by atoms with Crippen molar-refractivity contribution >= 4 is 17.7 Å². The predicted molar refractivity (Wildman–Crippen MR) is 108 cm³/mol. The molecular weight excluding hydrogens is 342 g/mol. The van der Waals surface area contributed by atoms with Crippen LogP contribution in [0.15, 0.2) is 47.4 Å². The second-order valence-corrected chi connectivity index (χ2v) is 8.81. The number of hydrogen-bond acceptors (Lipinski definition) is 3. The fourth-order valence-electron chi connectivity index (χ4n) is 3.25. The largest absolute Gasteiger partial charge is 0.487 e. The van der Waals surface area contributed by atoms with Gasteiger partial charge in [0, 0.05) is 29.1 Å². The van der Waals surface area contributed by atoms with Gasteiger partial charge in [0.1, 0.15) is 11.4 Å². The Morgan fingerprint density at radius 2 is 1.85 bits per heavy atom. The van der Waals surface area contributed by atoms with Crippen LogP contribution in [0.5, 0.6) is 5.75 Å². The molecule has 0 fully saturated rings. The van der Waals surface area contributed by atoms with E-state index < -0.39 is 0 Å². The molecule has 4 heteroatoms. The number of thioether (sulfide) groups is 1. The van der Waals surface area contributed by atoms with Crippen molar-refractivity contribution in [3.63, 3.8) is 0 Å². The number of carbonyl (C=O) groups is 1. The Morgan fingerprint density at radius 1 is 1.15 bits per heavy atom. The molecule has 0 saturated carbocycles. The van der Waals surface area contributed by atoms with Crippen LogP contribution in [-0.2, 0) is 4.79 Å². The molecule has 1 N–H and O–H groups in total. The summed E-state index contributed by atoms with van der Waals surface area (Å²) in [5, 5.41) is 3.21. The zero-order chi connectivity index (χ0) is 18.7. The number of ether oxygens (including phenoxy) is 1. The molecule has 3 nitrogen and oxygen atoms in total. The van der Waals surface area contributed by atoms with Crippen LogP contribution in [0.4, 0.5) is 0 Å². The molecule has 1 aliphatic rings. The van der Waals surface area contributed by atoms with E-state index in [1.807, 2.05) is 0 Å². The monoisotopic (exact) mass is 369 g/mol. The van der Waals surface area contributed by atoms with E-state index in [-0.39, 0.29) is 17.6 Å². The lowest BCUT2D eigenvalue weighted by Gasteiger charge is -2.38. The van der Waals surface area contributed by atoms with Crippen molar-refractivity contribution < 1.29 is 9.53 Å². The predicted octanol–water partition coefficient (Wildman–Crippen LogP) is 5.20. The quantitative estimate of drug-likeness (QED) is 0.736. The van der Waals surface area contributed by atoms with E-state index in [0.717, 1.165) is 23.5 Å². The van der Waals surface area contributed by atoms with Gasteiger partial charge in [0.05, 0.1) is 6.04 Å². The Balaban J connectivity index is 1.59. The minimum Gasteiger partial charge on any atom is -0.487 e. The van der Waals surface area contributed by atoms with E-state index >= 15 is 0 Å². The maximum Gasteiger partial charge on any atom is 0.221 e.